The van der Waals surface area contributed by atoms with Crippen molar-refractivity contribution in [1.82, 2.24) is 15.2 Å². The fourth-order valence-corrected chi connectivity index (χ4v) is 3.90. The molecule has 0 saturated carbocycles. The van der Waals surface area contributed by atoms with E-state index >= 15 is 0 Å². The Morgan fingerprint density at radius 3 is 2.78 bits per heavy atom. The third-order valence-electron chi connectivity index (χ3n) is 5.63. The molecular weight excluding hydrogens is 342 g/mol. The van der Waals surface area contributed by atoms with Crippen LogP contribution in [0.1, 0.15) is 37.9 Å². The molecule has 6 nitrogen and oxygen atoms in total. The molecule has 0 spiro atoms. The lowest BCUT2D eigenvalue weighted by Gasteiger charge is -2.37. The first kappa shape index (κ1) is 17.5. The van der Waals surface area contributed by atoms with Crippen LogP contribution in [0.15, 0.2) is 42.6 Å². The summed E-state index contributed by atoms with van der Waals surface area (Å²) in [5.41, 5.74) is 0.789. The van der Waals surface area contributed by atoms with Gasteiger partial charge in [0.05, 0.1) is 0 Å². The molecule has 2 amide bonds. The van der Waals surface area contributed by atoms with E-state index < -0.39 is 11.6 Å². The molecule has 3 N–H and O–H groups in total. The fourth-order valence-electron chi connectivity index (χ4n) is 3.90. The number of carbonyl (C=O) groups excluding carboxylic acids is 2. The Bertz CT molecular complexity index is 1000. The number of aromatic nitrogens is 1. The van der Waals surface area contributed by atoms with Crippen LogP contribution in [0.3, 0.4) is 0 Å². The molecule has 6 heteroatoms. The molecule has 1 aromatic heterocycles. The Kier molecular flexibility index (Phi) is 3.78. The molecule has 2 aliphatic heterocycles. The first-order chi connectivity index (χ1) is 12.8. The summed E-state index contributed by atoms with van der Waals surface area (Å²) in [6.45, 7) is 8.37. The summed E-state index contributed by atoms with van der Waals surface area (Å²) < 4.78 is 0. The van der Waals surface area contributed by atoms with E-state index in [9.17, 15) is 14.7 Å². The second-order valence-electron chi connectivity index (χ2n) is 7.77. The standard InChI is InChI=1S/C21H23N3O3/c1-4-20(2,3)17-14(13-8-5-6-9-15(13)22-17)12-16-18(25)24-11-7-10-21(24,27)19(26)23-16/h4-6,8-9,12,22,27H,1,7,10-11H2,2-3H3,(H,23,26)/b16-12-/t21-/m1/s1. The summed E-state index contributed by atoms with van der Waals surface area (Å²) in [5, 5.41) is 14.1. The zero-order chi connectivity index (χ0) is 19.4. The van der Waals surface area contributed by atoms with Gasteiger partial charge in [0.1, 0.15) is 5.70 Å². The summed E-state index contributed by atoms with van der Waals surface area (Å²) in [6, 6.07) is 7.82. The van der Waals surface area contributed by atoms with Crippen LogP contribution < -0.4 is 5.32 Å². The number of para-hydroxylation sites is 1. The number of amides is 2. The zero-order valence-corrected chi connectivity index (χ0v) is 15.5. The summed E-state index contributed by atoms with van der Waals surface area (Å²) in [7, 11) is 0. The van der Waals surface area contributed by atoms with Crippen LogP contribution in [0.2, 0.25) is 0 Å². The van der Waals surface area contributed by atoms with E-state index in [4.69, 9.17) is 0 Å². The largest absolute Gasteiger partial charge is 0.363 e. The molecule has 2 saturated heterocycles. The first-order valence-electron chi connectivity index (χ1n) is 9.10. The topological polar surface area (TPSA) is 85.4 Å². The Labute approximate surface area is 157 Å². The minimum atomic E-state index is -1.72. The number of carbonyl (C=O) groups is 2. The van der Waals surface area contributed by atoms with Crippen LogP contribution in [0.5, 0.6) is 0 Å². The maximum Gasteiger partial charge on any atom is 0.277 e. The highest BCUT2D eigenvalue weighted by atomic mass is 16.3. The van der Waals surface area contributed by atoms with Gasteiger partial charge in [-0.2, -0.15) is 0 Å². The maximum atomic E-state index is 12.9. The Balaban J connectivity index is 1.88. The number of hydrogen-bond acceptors (Lipinski definition) is 3. The molecule has 2 aliphatic rings. The number of aliphatic hydroxyl groups is 1. The van der Waals surface area contributed by atoms with Crippen molar-refractivity contribution in [2.75, 3.05) is 6.54 Å². The van der Waals surface area contributed by atoms with Gasteiger partial charge in [-0.1, -0.05) is 38.1 Å². The normalized spacial score (nSPS) is 24.4. The van der Waals surface area contributed by atoms with Crippen LogP contribution in [0.4, 0.5) is 0 Å². The lowest BCUT2D eigenvalue weighted by Crippen LogP contribution is -2.63. The highest BCUT2D eigenvalue weighted by molar-refractivity contribution is 6.10. The van der Waals surface area contributed by atoms with Crippen LogP contribution in [0.25, 0.3) is 17.0 Å². The molecule has 1 aromatic carbocycles. The van der Waals surface area contributed by atoms with Crippen LogP contribution in [-0.4, -0.2) is 39.1 Å². The van der Waals surface area contributed by atoms with Crippen molar-refractivity contribution in [3.63, 3.8) is 0 Å². The van der Waals surface area contributed by atoms with Crippen molar-refractivity contribution >= 4 is 28.8 Å². The minimum absolute atomic E-state index is 0.178. The lowest BCUT2D eigenvalue weighted by molar-refractivity contribution is -0.170. The van der Waals surface area contributed by atoms with E-state index in [0.717, 1.165) is 22.2 Å². The van der Waals surface area contributed by atoms with Gasteiger partial charge < -0.3 is 20.3 Å². The Morgan fingerprint density at radius 1 is 1.30 bits per heavy atom. The quantitative estimate of drug-likeness (QED) is 0.577. The highest BCUT2D eigenvalue weighted by Crippen LogP contribution is 2.36. The number of nitrogens with one attached hydrogen (secondary N) is 2. The van der Waals surface area contributed by atoms with Gasteiger partial charge in [0, 0.05) is 40.5 Å². The Hall–Kier alpha value is -2.86. The molecule has 2 aromatic rings. The van der Waals surface area contributed by atoms with Crippen molar-refractivity contribution in [1.29, 1.82) is 0 Å². The van der Waals surface area contributed by atoms with Gasteiger partial charge in [0.25, 0.3) is 11.8 Å². The third-order valence-corrected chi connectivity index (χ3v) is 5.63. The highest BCUT2D eigenvalue weighted by Gasteiger charge is 2.52. The number of allylic oxidation sites excluding steroid dienone is 1. The SMILES string of the molecule is C=CC(C)(C)c1[nH]c2ccccc2c1/C=C1\NC(=O)[C@]2(O)CCCN2C1=O. The summed E-state index contributed by atoms with van der Waals surface area (Å²) in [5.74, 6) is -0.905. The smallest absolute Gasteiger partial charge is 0.277 e. The van der Waals surface area contributed by atoms with E-state index in [2.05, 4.69) is 16.9 Å². The lowest BCUT2D eigenvalue weighted by atomic mass is 9.86. The predicted octanol–water partition coefficient (Wildman–Crippen LogP) is 2.41. The number of piperazine rings is 1. The average Bonchev–Trinajstić information content (AvgIpc) is 3.22. The minimum Gasteiger partial charge on any atom is -0.363 e. The van der Waals surface area contributed by atoms with Gasteiger partial charge in [-0.15, -0.1) is 6.58 Å². The van der Waals surface area contributed by atoms with Crippen LogP contribution in [-0.2, 0) is 15.0 Å². The molecule has 0 bridgehead atoms. The molecule has 3 heterocycles. The molecule has 140 valence electrons. The molecule has 2 fully saturated rings. The number of rotatable bonds is 3. The number of benzene rings is 1. The van der Waals surface area contributed by atoms with E-state index in [-0.39, 0.29) is 23.4 Å². The third kappa shape index (κ3) is 2.51. The van der Waals surface area contributed by atoms with E-state index in [1.807, 2.05) is 44.2 Å². The maximum absolute atomic E-state index is 12.9. The van der Waals surface area contributed by atoms with Gasteiger partial charge in [0.2, 0.25) is 5.72 Å². The van der Waals surface area contributed by atoms with Gasteiger partial charge in [-0.3, -0.25) is 9.59 Å². The number of hydrogen-bond donors (Lipinski definition) is 3. The molecule has 0 aliphatic carbocycles. The van der Waals surface area contributed by atoms with Crippen molar-refractivity contribution in [2.45, 2.75) is 37.8 Å². The van der Waals surface area contributed by atoms with E-state index in [1.165, 1.54) is 4.90 Å². The van der Waals surface area contributed by atoms with Gasteiger partial charge in [-0.05, 0) is 18.6 Å². The van der Waals surface area contributed by atoms with E-state index in [1.54, 1.807) is 6.08 Å². The van der Waals surface area contributed by atoms with Gasteiger partial charge in [0.15, 0.2) is 0 Å². The average molecular weight is 365 g/mol. The number of nitrogens with zero attached hydrogens (tertiary/aromatic N) is 1. The Morgan fingerprint density at radius 2 is 2.04 bits per heavy atom. The number of fused-ring (bicyclic) bond motifs is 2. The van der Waals surface area contributed by atoms with Crippen molar-refractivity contribution in [2.24, 2.45) is 0 Å². The molecule has 0 radical (unpaired) electrons. The second kappa shape index (κ2) is 5.82. The second-order valence-corrected chi connectivity index (χ2v) is 7.77. The summed E-state index contributed by atoms with van der Waals surface area (Å²) in [6.07, 6.45) is 4.42. The molecule has 27 heavy (non-hydrogen) atoms. The summed E-state index contributed by atoms with van der Waals surface area (Å²) >= 11 is 0. The monoisotopic (exact) mass is 365 g/mol. The van der Waals surface area contributed by atoms with Crippen molar-refractivity contribution in [3.8, 4) is 0 Å². The molecule has 1 atom stereocenters. The van der Waals surface area contributed by atoms with Crippen LogP contribution in [0, 0.1) is 0 Å². The van der Waals surface area contributed by atoms with E-state index in [0.29, 0.717) is 13.0 Å². The van der Waals surface area contributed by atoms with Crippen molar-refractivity contribution < 1.29 is 14.7 Å². The number of aromatic amines is 1. The molecule has 0 unspecified atom stereocenters. The molecular formula is C21H23N3O3. The predicted molar refractivity (Wildman–Crippen MR) is 104 cm³/mol. The van der Waals surface area contributed by atoms with Gasteiger partial charge >= 0.3 is 0 Å². The van der Waals surface area contributed by atoms with Crippen molar-refractivity contribution in [3.05, 3.63) is 53.9 Å². The first-order valence-corrected chi connectivity index (χ1v) is 9.10. The summed E-state index contributed by atoms with van der Waals surface area (Å²) in [4.78, 5) is 30.1. The number of H-pyrrole nitrogens is 1. The molecule has 4 rings (SSSR count). The fraction of sp³-hybridized carbons (Fsp3) is 0.333. The zero-order valence-electron chi connectivity index (χ0n) is 15.5. The van der Waals surface area contributed by atoms with Gasteiger partial charge in [-0.25, -0.2) is 0 Å². The van der Waals surface area contributed by atoms with Crippen LogP contribution >= 0.6 is 0 Å².